The van der Waals surface area contributed by atoms with E-state index in [4.69, 9.17) is 0 Å². The molecule has 0 saturated heterocycles. The van der Waals surface area contributed by atoms with E-state index in [1.165, 1.54) is 0 Å². The maximum Gasteiger partial charge on any atom is 0.150 e. The first kappa shape index (κ1) is 9.71. The van der Waals surface area contributed by atoms with Gasteiger partial charge in [0, 0.05) is 0 Å². The van der Waals surface area contributed by atoms with E-state index in [0.717, 1.165) is 11.1 Å². The van der Waals surface area contributed by atoms with E-state index >= 15 is 0 Å². The van der Waals surface area contributed by atoms with Crippen LogP contribution in [0.1, 0.15) is 30.9 Å². The van der Waals surface area contributed by atoms with Crippen molar-refractivity contribution in [3.63, 3.8) is 0 Å². The molecule has 0 radical (unpaired) electrons. The maximum absolute atomic E-state index is 10.3. The van der Waals surface area contributed by atoms with E-state index in [-0.39, 0.29) is 17.4 Å². The van der Waals surface area contributed by atoms with Gasteiger partial charge in [0.15, 0.2) is 0 Å². The number of hydrogen-bond donors (Lipinski definition) is 1. The zero-order valence-electron chi connectivity index (χ0n) is 8.03. The zero-order valence-corrected chi connectivity index (χ0v) is 8.03. The van der Waals surface area contributed by atoms with Crippen LogP contribution in [0.2, 0.25) is 0 Å². The van der Waals surface area contributed by atoms with Crippen molar-refractivity contribution < 1.29 is 5.11 Å². The number of nitroso groups, excluding NO2 is 1. The van der Waals surface area contributed by atoms with E-state index in [9.17, 15) is 10.0 Å². The van der Waals surface area contributed by atoms with E-state index in [0.29, 0.717) is 0 Å². The lowest BCUT2D eigenvalue weighted by atomic mass is 9.99. The van der Waals surface area contributed by atoms with Crippen molar-refractivity contribution in [2.75, 3.05) is 0 Å². The normalized spacial score (nSPS) is 10.5. The molecular formula is C10H13NO2. The first-order valence-corrected chi connectivity index (χ1v) is 4.23. The highest BCUT2D eigenvalue weighted by Gasteiger charge is 2.11. The van der Waals surface area contributed by atoms with Crippen LogP contribution in [0.5, 0.6) is 5.75 Å². The first-order valence-electron chi connectivity index (χ1n) is 4.23. The standard InChI is InChI=1S/C10H13NO2/c1-6(2)8-4-7(3)5-9(11-13)10(8)12/h4-6,12H,1-3H3. The van der Waals surface area contributed by atoms with E-state index in [2.05, 4.69) is 5.18 Å². The fourth-order valence-electron chi connectivity index (χ4n) is 1.30. The second kappa shape index (κ2) is 3.56. The zero-order chi connectivity index (χ0) is 10.0. The molecule has 0 aliphatic carbocycles. The molecule has 0 aliphatic heterocycles. The molecule has 0 atom stereocenters. The topological polar surface area (TPSA) is 49.7 Å². The highest BCUT2D eigenvalue weighted by Crippen LogP contribution is 2.35. The Morgan fingerprint density at radius 1 is 1.38 bits per heavy atom. The second-order valence-corrected chi connectivity index (χ2v) is 3.47. The maximum atomic E-state index is 10.3. The third kappa shape index (κ3) is 1.86. The molecule has 1 rings (SSSR count). The molecule has 0 saturated carbocycles. The average Bonchev–Trinajstić information content (AvgIpc) is 2.08. The number of phenolic OH excluding ortho intramolecular Hbond substituents is 1. The molecule has 0 spiro atoms. The molecule has 0 unspecified atom stereocenters. The highest BCUT2D eigenvalue weighted by molar-refractivity contribution is 5.57. The van der Waals surface area contributed by atoms with Crippen LogP contribution in [0.4, 0.5) is 5.69 Å². The summed E-state index contributed by atoms with van der Waals surface area (Å²) in [6, 6.07) is 3.45. The largest absolute Gasteiger partial charge is 0.505 e. The van der Waals surface area contributed by atoms with Gasteiger partial charge >= 0.3 is 0 Å². The predicted molar refractivity (Wildman–Crippen MR) is 52.4 cm³/mol. The van der Waals surface area contributed by atoms with Crippen molar-refractivity contribution in [2.45, 2.75) is 26.7 Å². The molecule has 0 heterocycles. The summed E-state index contributed by atoms with van der Waals surface area (Å²) in [4.78, 5) is 10.3. The Hall–Kier alpha value is -1.38. The number of benzene rings is 1. The van der Waals surface area contributed by atoms with Gasteiger partial charge in [0.25, 0.3) is 0 Å². The van der Waals surface area contributed by atoms with Gasteiger partial charge in [0.05, 0.1) is 0 Å². The monoisotopic (exact) mass is 179 g/mol. The van der Waals surface area contributed by atoms with Crippen LogP contribution < -0.4 is 0 Å². The summed E-state index contributed by atoms with van der Waals surface area (Å²) in [7, 11) is 0. The molecule has 0 aromatic heterocycles. The number of rotatable bonds is 2. The van der Waals surface area contributed by atoms with Gasteiger partial charge in [-0.1, -0.05) is 19.9 Å². The third-order valence-corrected chi connectivity index (χ3v) is 1.98. The summed E-state index contributed by atoms with van der Waals surface area (Å²) < 4.78 is 0. The minimum absolute atomic E-state index is 0.00981. The Labute approximate surface area is 77.4 Å². The van der Waals surface area contributed by atoms with Gasteiger partial charge in [-0.15, -0.1) is 4.91 Å². The van der Waals surface area contributed by atoms with Crippen molar-refractivity contribution in [1.82, 2.24) is 0 Å². The summed E-state index contributed by atoms with van der Waals surface area (Å²) >= 11 is 0. The summed E-state index contributed by atoms with van der Waals surface area (Å²) in [5.41, 5.74) is 1.84. The van der Waals surface area contributed by atoms with Gasteiger partial charge in [0.1, 0.15) is 11.4 Å². The van der Waals surface area contributed by atoms with Gasteiger partial charge in [-0.3, -0.25) is 0 Å². The Morgan fingerprint density at radius 2 is 2.00 bits per heavy atom. The Balaban J connectivity index is 3.35. The minimum atomic E-state index is 0.00981. The summed E-state index contributed by atoms with van der Waals surface area (Å²) in [5, 5.41) is 12.4. The van der Waals surface area contributed by atoms with Gasteiger partial charge in [-0.2, -0.15) is 0 Å². The fraction of sp³-hybridized carbons (Fsp3) is 0.400. The molecule has 0 bridgehead atoms. The summed E-state index contributed by atoms with van der Waals surface area (Å²) in [5.74, 6) is 0.205. The van der Waals surface area contributed by atoms with Crippen molar-refractivity contribution in [2.24, 2.45) is 5.18 Å². The van der Waals surface area contributed by atoms with Crippen LogP contribution >= 0.6 is 0 Å². The van der Waals surface area contributed by atoms with Crippen LogP contribution in [0.3, 0.4) is 0 Å². The van der Waals surface area contributed by atoms with Crippen LogP contribution in [0.15, 0.2) is 17.3 Å². The number of hydrogen-bond acceptors (Lipinski definition) is 3. The van der Waals surface area contributed by atoms with Crippen LogP contribution in [-0.2, 0) is 0 Å². The van der Waals surface area contributed by atoms with E-state index < -0.39 is 0 Å². The summed E-state index contributed by atoms with van der Waals surface area (Å²) in [6.07, 6.45) is 0. The quantitative estimate of drug-likeness (QED) is 0.708. The van der Waals surface area contributed by atoms with E-state index in [1.807, 2.05) is 26.8 Å². The van der Waals surface area contributed by atoms with Crippen LogP contribution in [0.25, 0.3) is 0 Å². The minimum Gasteiger partial charge on any atom is -0.505 e. The second-order valence-electron chi connectivity index (χ2n) is 3.47. The first-order chi connectivity index (χ1) is 6.06. The number of phenols is 1. The van der Waals surface area contributed by atoms with Crippen LogP contribution in [0, 0.1) is 11.8 Å². The molecule has 0 amide bonds. The molecule has 13 heavy (non-hydrogen) atoms. The molecule has 3 heteroatoms. The van der Waals surface area contributed by atoms with Crippen molar-refractivity contribution in [3.05, 3.63) is 28.2 Å². The smallest absolute Gasteiger partial charge is 0.150 e. The average molecular weight is 179 g/mol. The predicted octanol–water partition coefficient (Wildman–Crippen LogP) is 3.22. The van der Waals surface area contributed by atoms with Crippen molar-refractivity contribution in [3.8, 4) is 5.75 Å². The van der Waals surface area contributed by atoms with Crippen molar-refractivity contribution in [1.29, 1.82) is 0 Å². The van der Waals surface area contributed by atoms with Gasteiger partial charge in [-0.25, -0.2) is 0 Å². The van der Waals surface area contributed by atoms with Gasteiger partial charge < -0.3 is 5.11 Å². The molecule has 1 aromatic carbocycles. The van der Waals surface area contributed by atoms with Crippen molar-refractivity contribution >= 4 is 5.69 Å². The molecule has 0 aliphatic rings. The number of aryl methyl sites for hydroxylation is 1. The molecule has 70 valence electrons. The molecular weight excluding hydrogens is 166 g/mol. The highest BCUT2D eigenvalue weighted by atomic mass is 16.3. The Bertz CT molecular complexity index is 332. The lowest BCUT2D eigenvalue weighted by molar-refractivity contribution is 0.466. The van der Waals surface area contributed by atoms with E-state index in [1.54, 1.807) is 6.07 Å². The fourth-order valence-corrected chi connectivity index (χ4v) is 1.30. The van der Waals surface area contributed by atoms with Crippen LogP contribution in [-0.4, -0.2) is 5.11 Å². The number of nitrogens with zero attached hydrogens (tertiary/aromatic N) is 1. The molecule has 3 nitrogen and oxygen atoms in total. The van der Waals surface area contributed by atoms with Gasteiger partial charge in [-0.05, 0) is 35.2 Å². The molecule has 0 fully saturated rings. The Kier molecular flexibility index (Phi) is 2.66. The third-order valence-electron chi connectivity index (χ3n) is 1.98. The lowest BCUT2D eigenvalue weighted by Gasteiger charge is -2.10. The molecule has 1 aromatic rings. The summed E-state index contributed by atoms with van der Waals surface area (Å²) in [6.45, 7) is 5.80. The lowest BCUT2D eigenvalue weighted by Crippen LogP contribution is -1.89. The Morgan fingerprint density at radius 3 is 2.46 bits per heavy atom. The SMILES string of the molecule is Cc1cc(N=O)c(O)c(C(C)C)c1. The number of aromatic hydroxyl groups is 1. The van der Waals surface area contributed by atoms with Gasteiger partial charge in [0.2, 0.25) is 0 Å². The molecule has 1 N–H and O–H groups in total.